The molecule has 0 aliphatic heterocycles. The molecular weight excluding hydrogens is 163 g/mol. The van der Waals surface area contributed by atoms with E-state index >= 15 is 0 Å². The number of carbonyl (C=O) groups is 2. The molecule has 1 unspecified atom stereocenters. The predicted molar refractivity (Wildman–Crippen MR) is 40.9 cm³/mol. The topological polar surface area (TPSA) is 43.4 Å². The van der Waals surface area contributed by atoms with E-state index in [-0.39, 0.29) is 5.78 Å². The molecule has 1 aliphatic carbocycles. The number of halogens is 1. The molecule has 0 bridgehead atoms. The van der Waals surface area contributed by atoms with Crippen LogP contribution < -0.4 is 0 Å². The van der Waals surface area contributed by atoms with E-state index in [0.717, 1.165) is 0 Å². The van der Waals surface area contributed by atoms with Crippen LogP contribution in [-0.4, -0.2) is 11.8 Å². The summed E-state index contributed by atoms with van der Waals surface area (Å²) in [4.78, 5) is 24.1. The van der Waals surface area contributed by atoms with E-state index in [0.29, 0.717) is 19.3 Å². The third kappa shape index (κ3) is 2.60. The standard InChI is InChI=1S/C6H7FO3.C2H6/c7-10-6(9)4-2-1-3-5(4)8;1-2/h4H,1-3H2;1-2H3. The minimum atomic E-state index is -1.04. The Balaban J connectivity index is 0.000000561. The van der Waals surface area contributed by atoms with Gasteiger partial charge in [-0.25, -0.2) is 4.79 Å². The molecule has 4 heteroatoms. The Kier molecular flexibility index (Phi) is 5.25. The van der Waals surface area contributed by atoms with Crippen molar-refractivity contribution in [1.29, 1.82) is 0 Å². The highest BCUT2D eigenvalue weighted by molar-refractivity contribution is 6.00. The van der Waals surface area contributed by atoms with Crippen molar-refractivity contribution in [3.05, 3.63) is 0 Å². The first kappa shape index (κ1) is 11.1. The van der Waals surface area contributed by atoms with Gasteiger partial charge in [0.2, 0.25) is 0 Å². The van der Waals surface area contributed by atoms with Crippen molar-refractivity contribution in [2.45, 2.75) is 33.1 Å². The Morgan fingerprint density at radius 2 is 2.17 bits per heavy atom. The summed E-state index contributed by atoms with van der Waals surface area (Å²) in [6, 6.07) is 0. The Hall–Kier alpha value is -0.930. The summed E-state index contributed by atoms with van der Waals surface area (Å²) in [6.07, 6.45) is 1.47. The lowest BCUT2D eigenvalue weighted by atomic mass is 10.1. The Labute approximate surface area is 70.8 Å². The molecule has 1 rings (SSSR count). The molecule has 3 nitrogen and oxygen atoms in total. The largest absolute Gasteiger partial charge is 0.359 e. The van der Waals surface area contributed by atoms with Crippen molar-refractivity contribution in [2.24, 2.45) is 5.92 Å². The molecule has 0 heterocycles. The molecule has 0 aromatic heterocycles. The van der Waals surface area contributed by atoms with Crippen LogP contribution in [0.3, 0.4) is 0 Å². The smallest absolute Gasteiger partial charge is 0.299 e. The molecule has 70 valence electrons. The summed E-state index contributed by atoms with van der Waals surface area (Å²) in [6.45, 7) is 4.00. The summed E-state index contributed by atoms with van der Waals surface area (Å²) in [5.74, 6) is -2.07. The molecule has 0 amide bonds. The maximum absolute atomic E-state index is 11.2. The lowest BCUT2D eigenvalue weighted by Gasteiger charge is -1.98. The number of hydrogen-bond donors (Lipinski definition) is 0. The molecule has 0 radical (unpaired) electrons. The van der Waals surface area contributed by atoms with Crippen molar-refractivity contribution in [3.8, 4) is 0 Å². The second kappa shape index (κ2) is 5.69. The van der Waals surface area contributed by atoms with Gasteiger partial charge in [0, 0.05) is 10.9 Å². The summed E-state index contributed by atoms with van der Waals surface area (Å²) in [5.41, 5.74) is 0. The van der Waals surface area contributed by atoms with Gasteiger partial charge in [-0.15, -0.1) is 0 Å². The van der Waals surface area contributed by atoms with Gasteiger partial charge in [-0.05, 0) is 12.8 Å². The van der Waals surface area contributed by atoms with E-state index in [2.05, 4.69) is 4.94 Å². The van der Waals surface area contributed by atoms with Gasteiger partial charge in [0.1, 0.15) is 11.7 Å². The van der Waals surface area contributed by atoms with Gasteiger partial charge < -0.3 is 0 Å². The van der Waals surface area contributed by atoms with E-state index in [4.69, 9.17) is 0 Å². The van der Waals surface area contributed by atoms with Crippen molar-refractivity contribution in [3.63, 3.8) is 0 Å². The first-order chi connectivity index (χ1) is 5.75. The molecule has 12 heavy (non-hydrogen) atoms. The van der Waals surface area contributed by atoms with E-state index in [1.165, 1.54) is 0 Å². The van der Waals surface area contributed by atoms with Crippen LogP contribution in [0.15, 0.2) is 0 Å². The van der Waals surface area contributed by atoms with Crippen LogP contribution in [-0.2, 0) is 14.5 Å². The molecule has 0 aromatic rings. The second-order valence-electron chi connectivity index (χ2n) is 2.31. The summed E-state index contributed by atoms with van der Waals surface area (Å²) in [7, 11) is 0. The van der Waals surface area contributed by atoms with Crippen LogP contribution in [0.4, 0.5) is 4.53 Å². The average molecular weight is 176 g/mol. The zero-order valence-corrected chi connectivity index (χ0v) is 7.30. The number of hydrogen-bond acceptors (Lipinski definition) is 3. The third-order valence-corrected chi connectivity index (χ3v) is 1.67. The number of rotatable bonds is 1. The maximum atomic E-state index is 11.2. The van der Waals surface area contributed by atoms with Crippen LogP contribution >= 0.6 is 0 Å². The normalized spacial score (nSPS) is 21.2. The lowest BCUT2D eigenvalue weighted by molar-refractivity contribution is -0.188. The quantitative estimate of drug-likeness (QED) is 0.572. The lowest BCUT2D eigenvalue weighted by Crippen LogP contribution is -2.18. The summed E-state index contributed by atoms with van der Waals surface area (Å²) >= 11 is 0. The van der Waals surface area contributed by atoms with E-state index in [1.807, 2.05) is 13.8 Å². The van der Waals surface area contributed by atoms with Crippen molar-refractivity contribution >= 4 is 11.8 Å². The van der Waals surface area contributed by atoms with E-state index in [9.17, 15) is 14.1 Å². The fourth-order valence-corrected chi connectivity index (χ4v) is 1.12. The summed E-state index contributed by atoms with van der Waals surface area (Å²) < 4.78 is 11.2. The van der Waals surface area contributed by atoms with Crippen molar-refractivity contribution < 1.29 is 19.1 Å². The maximum Gasteiger partial charge on any atom is 0.359 e. The minimum absolute atomic E-state index is 0.206. The highest BCUT2D eigenvalue weighted by Crippen LogP contribution is 2.22. The molecule has 1 aliphatic rings. The fourth-order valence-electron chi connectivity index (χ4n) is 1.12. The second-order valence-corrected chi connectivity index (χ2v) is 2.31. The van der Waals surface area contributed by atoms with Crippen molar-refractivity contribution in [1.82, 2.24) is 0 Å². The highest BCUT2D eigenvalue weighted by atomic mass is 19.3. The SMILES string of the molecule is CC.O=C1CCCC1C(=O)OF. The molecule has 0 spiro atoms. The molecule has 1 fully saturated rings. The minimum Gasteiger partial charge on any atom is -0.299 e. The van der Waals surface area contributed by atoms with Crippen LogP contribution in [0, 0.1) is 5.92 Å². The first-order valence-corrected chi connectivity index (χ1v) is 4.11. The van der Waals surface area contributed by atoms with E-state index < -0.39 is 11.9 Å². The molecule has 1 atom stereocenters. The number of Topliss-reactive ketones (excluding diaryl/α,β-unsaturated/α-hetero) is 1. The van der Waals surface area contributed by atoms with Gasteiger partial charge in [0.05, 0.1) is 0 Å². The molecule has 0 N–H and O–H groups in total. The Bertz CT molecular complexity index is 168. The van der Waals surface area contributed by atoms with Crippen LogP contribution in [0.1, 0.15) is 33.1 Å². The van der Waals surface area contributed by atoms with Gasteiger partial charge in [0.25, 0.3) is 0 Å². The van der Waals surface area contributed by atoms with Gasteiger partial charge in [0.15, 0.2) is 0 Å². The van der Waals surface area contributed by atoms with Crippen LogP contribution in [0.25, 0.3) is 0 Å². The molecule has 0 aromatic carbocycles. The van der Waals surface area contributed by atoms with E-state index in [1.54, 1.807) is 0 Å². The number of ketones is 1. The predicted octanol–water partition coefficient (Wildman–Crippen LogP) is 1.81. The zero-order chi connectivity index (χ0) is 9.56. The summed E-state index contributed by atoms with van der Waals surface area (Å²) in [5, 5.41) is 0. The molecular formula is C8H13FO3. The van der Waals surface area contributed by atoms with Crippen molar-refractivity contribution in [2.75, 3.05) is 0 Å². The van der Waals surface area contributed by atoms with Crippen LogP contribution in [0.2, 0.25) is 0 Å². The Morgan fingerprint density at radius 1 is 1.58 bits per heavy atom. The zero-order valence-electron chi connectivity index (χ0n) is 7.30. The Morgan fingerprint density at radius 3 is 2.50 bits per heavy atom. The van der Waals surface area contributed by atoms with Gasteiger partial charge in [-0.2, -0.15) is 0 Å². The van der Waals surface area contributed by atoms with Gasteiger partial charge in [-0.3, -0.25) is 9.74 Å². The van der Waals surface area contributed by atoms with Gasteiger partial charge in [-0.1, -0.05) is 13.8 Å². The third-order valence-electron chi connectivity index (χ3n) is 1.67. The molecule has 1 saturated carbocycles. The van der Waals surface area contributed by atoms with Gasteiger partial charge >= 0.3 is 5.97 Å². The molecule has 0 saturated heterocycles. The number of carbonyl (C=O) groups excluding carboxylic acids is 2. The fraction of sp³-hybridized carbons (Fsp3) is 0.750. The monoisotopic (exact) mass is 176 g/mol. The van der Waals surface area contributed by atoms with Crippen LogP contribution in [0.5, 0.6) is 0 Å². The average Bonchev–Trinajstić information content (AvgIpc) is 2.54. The first-order valence-electron chi connectivity index (χ1n) is 4.11. The highest BCUT2D eigenvalue weighted by Gasteiger charge is 2.32.